The van der Waals surface area contributed by atoms with Crippen molar-refractivity contribution < 1.29 is 4.74 Å². The predicted molar refractivity (Wildman–Crippen MR) is 64.3 cm³/mol. The quantitative estimate of drug-likeness (QED) is 0.793. The van der Waals surface area contributed by atoms with E-state index >= 15 is 0 Å². The molecule has 2 heterocycles. The Morgan fingerprint density at radius 2 is 2.33 bits per heavy atom. The molecule has 1 aromatic heterocycles. The summed E-state index contributed by atoms with van der Waals surface area (Å²) < 4.78 is 5.94. The fourth-order valence-corrected chi connectivity index (χ4v) is 3.01. The van der Waals surface area contributed by atoms with Crippen molar-refractivity contribution in [1.29, 1.82) is 0 Å². The summed E-state index contributed by atoms with van der Waals surface area (Å²) in [6, 6.07) is 4.62. The fraction of sp³-hybridized carbons (Fsp3) is 0.667. The highest BCUT2D eigenvalue weighted by Gasteiger charge is 2.30. The molecule has 0 saturated carbocycles. The van der Waals surface area contributed by atoms with Crippen LogP contribution in [0, 0.1) is 0 Å². The van der Waals surface area contributed by atoms with Gasteiger partial charge in [0.05, 0.1) is 0 Å². The number of hydrogen-bond donors (Lipinski definition) is 1. The Hall–Kier alpha value is -0.380. The number of rotatable bonds is 1. The molecular weight excluding hydrogens is 206 g/mol. The minimum absolute atomic E-state index is 0.186. The van der Waals surface area contributed by atoms with Gasteiger partial charge in [-0.25, -0.2) is 0 Å². The summed E-state index contributed by atoms with van der Waals surface area (Å²) in [5.74, 6) is 0. The molecule has 2 nitrogen and oxygen atoms in total. The average Bonchev–Trinajstić information content (AvgIpc) is 2.59. The van der Waals surface area contributed by atoms with Crippen molar-refractivity contribution in [2.75, 3.05) is 6.61 Å². The summed E-state index contributed by atoms with van der Waals surface area (Å²) in [7, 11) is 0. The third-order valence-corrected chi connectivity index (χ3v) is 3.85. The smallest absolute Gasteiger partial charge is 0.107 e. The van der Waals surface area contributed by atoms with Gasteiger partial charge in [-0.3, -0.25) is 0 Å². The molecule has 1 aliphatic heterocycles. The molecule has 0 spiro atoms. The molecule has 1 saturated heterocycles. The van der Waals surface area contributed by atoms with Crippen molar-refractivity contribution in [3.05, 3.63) is 22.4 Å². The van der Waals surface area contributed by atoms with E-state index in [4.69, 9.17) is 4.74 Å². The summed E-state index contributed by atoms with van der Waals surface area (Å²) in [6.45, 7) is 7.53. The van der Waals surface area contributed by atoms with E-state index in [1.807, 2.05) is 0 Å². The van der Waals surface area contributed by atoms with Gasteiger partial charge in [-0.1, -0.05) is 6.07 Å². The molecular formula is C12H19NOS. The largest absolute Gasteiger partial charge is 0.371 e. The molecule has 1 N–H and O–H groups in total. The Morgan fingerprint density at radius 3 is 3.00 bits per heavy atom. The van der Waals surface area contributed by atoms with Gasteiger partial charge in [0, 0.05) is 23.1 Å². The average molecular weight is 225 g/mol. The van der Waals surface area contributed by atoms with Crippen LogP contribution < -0.4 is 5.32 Å². The highest BCUT2D eigenvalue weighted by Crippen LogP contribution is 2.30. The molecule has 2 rings (SSSR count). The SMILES string of the molecule is CC1NC(C)(C)CCOC1c1cccs1. The van der Waals surface area contributed by atoms with Crippen LogP contribution in [0.2, 0.25) is 0 Å². The minimum Gasteiger partial charge on any atom is -0.371 e. The second kappa shape index (κ2) is 4.24. The second-order valence-electron chi connectivity index (χ2n) is 4.87. The van der Waals surface area contributed by atoms with E-state index in [2.05, 4.69) is 43.6 Å². The van der Waals surface area contributed by atoms with Crippen molar-refractivity contribution >= 4 is 11.3 Å². The maximum Gasteiger partial charge on any atom is 0.107 e. The molecule has 1 aliphatic rings. The number of thiophene rings is 1. The van der Waals surface area contributed by atoms with Crippen LogP contribution in [0.5, 0.6) is 0 Å². The Bertz CT molecular complexity index is 307. The number of hydrogen-bond acceptors (Lipinski definition) is 3. The van der Waals surface area contributed by atoms with Crippen LogP contribution in [0.15, 0.2) is 17.5 Å². The third-order valence-electron chi connectivity index (χ3n) is 2.92. The lowest BCUT2D eigenvalue weighted by atomic mass is 10.00. The Labute approximate surface area is 95.6 Å². The molecule has 2 atom stereocenters. The number of ether oxygens (including phenoxy) is 1. The summed E-state index contributed by atoms with van der Waals surface area (Å²) >= 11 is 1.78. The zero-order valence-corrected chi connectivity index (χ0v) is 10.4. The minimum atomic E-state index is 0.186. The van der Waals surface area contributed by atoms with Gasteiger partial charge in [-0.15, -0.1) is 11.3 Å². The van der Waals surface area contributed by atoms with Gasteiger partial charge in [0.1, 0.15) is 6.10 Å². The van der Waals surface area contributed by atoms with Crippen LogP contribution in [-0.4, -0.2) is 18.2 Å². The molecule has 15 heavy (non-hydrogen) atoms. The van der Waals surface area contributed by atoms with Crippen molar-refractivity contribution in [2.45, 2.75) is 44.9 Å². The van der Waals surface area contributed by atoms with Crippen LogP contribution in [0.3, 0.4) is 0 Å². The van der Waals surface area contributed by atoms with Crippen molar-refractivity contribution in [3.63, 3.8) is 0 Å². The first kappa shape index (κ1) is 11.1. The van der Waals surface area contributed by atoms with Crippen LogP contribution in [0.1, 0.15) is 38.2 Å². The van der Waals surface area contributed by atoms with Crippen molar-refractivity contribution in [1.82, 2.24) is 5.32 Å². The van der Waals surface area contributed by atoms with E-state index in [-0.39, 0.29) is 11.6 Å². The van der Waals surface area contributed by atoms with E-state index in [1.165, 1.54) is 4.88 Å². The topological polar surface area (TPSA) is 21.3 Å². The molecule has 0 aliphatic carbocycles. The summed E-state index contributed by atoms with van der Waals surface area (Å²) in [5, 5.41) is 5.75. The van der Waals surface area contributed by atoms with E-state index in [1.54, 1.807) is 11.3 Å². The van der Waals surface area contributed by atoms with Gasteiger partial charge in [-0.05, 0) is 38.6 Å². The first-order valence-corrected chi connectivity index (χ1v) is 6.39. The van der Waals surface area contributed by atoms with Crippen LogP contribution in [0.4, 0.5) is 0 Å². The molecule has 1 fully saturated rings. The molecule has 0 amide bonds. The number of nitrogens with one attached hydrogen (secondary N) is 1. The summed E-state index contributed by atoms with van der Waals surface area (Å²) in [4.78, 5) is 1.33. The van der Waals surface area contributed by atoms with Gasteiger partial charge < -0.3 is 10.1 Å². The van der Waals surface area contributed by atoms with E-state index in [0.717, 1.165) is 13.0 Å². The van der Waals surface area contributed by atoms with E-state index in [9.17, 15) is 0 Å². The van der Waals surface area contributed by atoms with Gasteiger partial charge in [-0.2, -0.15) is 0 Å². The lowest BCUT2D eigenvalue weighted by molar-refractivity contribution is 0.0485. The third kappa shape index (κ3) is 2.60. The van der Waals surface area contributed by atoms with Gasteiger partial charge >= 0.3 is 0 Å². The molecule has 3 heteroatoms. The summed E-state index contributed by atoms with van der Waals surface area (Å²) in [6.07, 6.45) is 1.28. The Balaban J connectivity index is 2.14. The predicted octanol–water partition coefficient (Wildman–Crippen LogP) is 2.97. The van der Waals surface area contributed by atoms with Crippen LogP contribution in [0.25, 0.3) is 0 Å². The second-order valence-corrected chi connectivity index (χ2v) is 5.85. The maximum absolute atomic E-state index is 5.94. The van der Waals surface area contributed by atoms with Crippen LogP contribution >= 0.6 is 11.3 Å². The lowest BCUT2D eigenvalue weighted by Gasteiger charge is -2.28. The monoisotopic (exact) mass is 225 g/mol. The fourth-order valence-electron chi connectivity index (χ4n) is 2.13. The molecule has 0 aromatic carbocycles. The maximum atomic E-state index is 5.94. The van der Waals surface area contributed by atoms with Gasteiger partial charge in [0.15, 0.2) is 0 Å². The molecule has 1 aromatic rings. The van der Waals surface area contributed by atoms with E-state index < -0.39 is 0 Å². The first-order chi connectivity index (χ1) is 7.08. The highest BCUT2D eigenvalue weighted by atomic mass is 32.1. The summed E-state index contributed by atoms with van der Waals surface area (Å²) in [5.41, 5.74) is 0.186. The first-order valence-electron chi connectivity index (χ1n) is 5.51. The standard InChI is InChI=1S/C12H19NOS/c1-9-11(10-5-4-8-15-10)14-7-6-12(2,3)13-9/h4-5,8-9,11,13H,6-7H2,1-3H3. The van der Waals surface area contributed by atoms with Gasteiger partial charge in [0.25, 0.3) is 0 Å². The van der Waals surface area contributed by atoms with Crippen LogP contribution in [-0.2, 0) is 4.74 Å². The molecule has 0 bridgehead atoms. The Kier molecular flexibility index (Phi) is 3.14. The molecule has 2 unspecified atom stereocenters. The zero-order valence-electron chi connectivity index (χ0n) is 9.62. The van der Waals surface area contributed by atoms with Gasteiger partial charge in [0.2, 0.25) is 0 Å². The van der Waals surface area contributed by atoms with Crippen molar-refractivity contribution in [2.24, 2.45) is 0 Å². The molecule has 84 valence electrons. The lowest BCUT2D eigenvalue weighted by Crippen LogP contribution is -2.45. The normalized spacial score (nSPS) is 31.1. The Morgan fingerprint density at radius 1 is 1.53 bits per heavy atom. The highest BCUT2D eigenvalue weighted by molar-refractivity contribution is 7.10. The molecule has 0 radical (unpaired) electrons. The van der Waals surface area contributed by atoms with Crippen molar-refractivity contribution in [3.8, 4) is 0 Å². The van der Waals surface area contributed by atoms with E-state index in [0.29, 0.717) is 6.04 Å². The zero-order chi connectivity index (χ0) is 10.9.